The van der Waals surface area contributed by atoms with Crippen LogP contribution in [0.3, 0.4) is 0 Å². The van der Waals surface area contributed by atoms with Crippen LogP contribution in [0.2, 0.25) is 0 Å². The first-order chi connectivity index (χ1) is 8.65. The van der Waals surface area contributed by atoms with Gasteiger partial charge in [-0.2, -0.15) is 12.6 Å². The summed E-state index contributed by atoms with van der Waals surface area (Å²) in [6, 6.07) is 4.19. The number of aromatic amines is 1. The fraction of sp³-hybridized carbons (Fsp3) is 0.357. The quantitative estimate of drug-likeness (QED) is 0.831. The summed E-state index contributed by atoms with van der Waals surface area (Å²) in [6.45, 7) is 4.16. The summed E-state index contributed by atoms with van der Waals surface area (Å²) in [5.74, 6) is 2.63. The highest BCUT2D eigenvalue weighted by Crippen LogP contribution is 2.33. The first kappa shape index (κ1) is 13.0. The van der Waals surface area contributed by atoms with E-state index >= 15 is 0 Å². The van der Waals surface area contributed by atoms with Gasteiger partial charge in [-0.15, -0.1) is 0 Å². The van der Waals surface area contributed by atoms with Gasteiger partial charge in [-0.05, 0) is 36.8 Å². The number of aromatic nitrogens is 2. The molecule has 1 aromatic heterocycles. The standard InChI is InChI=1S/C14H18N2OS/c1-9-6-10(2)14(12(7-9)17-3)11-8-15-13(16-11)4-5-18/h6-8,18H,4-5H2,1-3H3,(H,15,16). The number of hydrogen-bond acceptors (Lipinski definition) is 3. The highest BCUT2D eigenvalue weighted by atomic mass is 32.1. The molecule has 3 nitrogen and oxygen atoms in total. The Labute approximate surface area is 113 Å². The van der Waals surface area contributed by atoms with Crippen molar-refractivity contribution >= 4 is 12.6 Å². The first-order valence-corrected chi connectivity index (χ1v) is 6.59. The fourth-order valence-corrected chi connectivity index (χ4v) is 2.37. The molecule has 0 atom stereocenters. The molecule has 0 radical (unpaired) electrons. The molecular formula is C14H18N2OS. The Bertz CT molecular complexity index is 549. The number of benzene rings is 1. The van der Waals surface area contributed by atoms with E-state index in [9.17, 15) is 0 Å². The molecule has 0 spiro atoms. The molecule has 0 fully saturated rings. The molecule has 96 valence electrons. The topological polar surface area (TPSA) is 37.9 Å². The third-order valence-corrected chi connectivity index (χ3v) is 3.13. The van der Waals surface area contributed by atoms with E-state index in [4.69, 9.17) is 4.74 Å². The van der Waals surface area contributed by atoms with Crippen LogP contribution in [0, 0.1) is 13.8 Å². The second-order valence-corrected chi connectivity index (χ2v) is 4.82. The molecule has 0 saturated heterocycles. The number of aryl methyl sites for hydroxylation is 3. The highest BCUT2D eigenvalue weighted by molar-refractivity contribution is 7.80. The molecule has 18 heavy (non-hydrogen) atoms. The lowest BCUT2D eigenvalue weighted by Crippen LogP contribution is -1.93. The van der Waals surface area contributed by atoms with E-state index in [1.54, 1.807) is 7.11 Å². The number of H-pyrrole nitrogens is 1. The second-order valence-electron chi connectivity index (χ2n) is 4.38. The molecule has 0 amide bonds. The van der Waals surface area contributed by atoms with Crippen molar-refractivity contribution in [3.63, 3.8) is 0 Å². The fourth-order valence-electron chi connectivity index (χ4n) is 2.16. The van der Waals surface area contributed by atoms with E-state index < -0.39 is 0 Å². The van der Waals surface area contributed by atoms with Crippen LogP contribution in [0.5, 0.6) is 5.75 Å². The van der Waals surface area contributed by atoms with E-state index in [1.165, 1.54) is 11.1 Å². The van der Waals surface area contributed by atoms with Gasteiger partial charge in [0.25, 0.3) is 0 Å². The number of thiol groups is 1. The molecule has 2 aromatic rings. The second kappa shape index (κ2) is 5.48. The number of ether oxygens (including phenoxy) is 1. The molecule has 2 rings (SSSR count). The Morgan fingerprint density at radius 3 is 2.78 bits per heavy atom. The molecule has 1 N–H and O–H groups in total. The average Bonchev–Trinajstić information content (AvgIpc) is 2.76. The summed E-state index contributed by atoms with van der Waals surface area (Å²) in [5.41, 5.74) is 4.47. The van der Waals surface area contributed by atoms with Crippen molar-refractivity contribution in [3.8, 4) is 17.0 Å². The Hall–Kier alpha value is -1.42. The molecule has 0 saturated carbocycles. The van der Waals surface area contributed by atoms with Crippen molar-refractivity contribution in [1.82, 2.24) is 9.97 Å². The zero-order valence-corrected chi connectivity index (χ0v) is 11.8. The van der Waals surface area contributed by atoms with Crippen LogP contribution < -0.4 is 4.74 Å². The minimum Gasteiger partial charge on any atom is -0.496 e. The summed E-state index contributed by atoms with van der Waals surface area (Å²) in [5, 5.41) is 0. The van der Waals surface area contributed by atoms with Crippen LogP contribution in [0.1, 0.15) is 17.0 Å². The Kier molecular flexibility index (Phi) is 3.97. The number of methoxy groups -OCH3 is 1. The van der Waals surface area contributed by atoms with Crippen LogP contribution in [-0.4, -0.2) is 22.8 Å². The molecule has 1 heterocycles. The van der Waals surface area contributed by atoms with Crippen molar-refractivity contribution < 1.29 is 4.74 Å². The minimum atomic E-state index is 0.789. The van der Waals surface area contributed by atoms with Gasteiger partial charge >= 0.3 is 0 Å². The van der Waals surface area contributed by atoms with Crippen molar-refractivity contribution in [2.24, 2.45) is 0 Å². The summed E-state index contributed by atoms with van der Waals surface area (Å²) in [7, 11) is 1.70. The maximum Gasteiger partial charge on any atom is 0.128 e. The predicted molar refractivity (Wildman–Crippen MR) is 77.6 cm³/mol. The van der Waals surface area contributed by atoms with Gasteiger partial charge in [0.05, 0.1) is 19.0 Å². The summed E-state index contributed by atoms with van der Waals surface area (Å²) >= 11 is 4.22. The molecule has 4 heteroatoms. The zero-order valence-electron chi connectivity index (χ0n) is 10.9. The van der Waals surface area contributed by atoms with Crippen molar-refractivity contribution in [3.05, 3.63) is 35.3 Å². The molecule has 0 aliphatic carbocycles. The van der Waals surface area contributed by atoms with Crippen LogP contribution in [0.15, 0.2) is 18.3 Å². The van der Waals surface area contributed by atoms with Crippen LogP contribution in [0.4, 0.5) is 0 Å². The number of nitrogens with one attached hydrogen (secondary N) is 1. The maximum absolute atomic E-state index is 5.47. The van der Waals surface area contributed by atoms with Crippen molar-refractivity contribution in [1.29, 1.82) is 0 Å². The first-order valence-electron chi connectivity index (χ1n) is 5.96. The van der Waals surface area contributed by atoms with Gasteiger partial charge in [0, 0.05) is 12.0 Å². The van der Waals surface area contributed by atoms with Crippen molar-refractivity contribution in [2.45, 2.75) is 20.3 Å². The SMILES string of the molecule is COc1cc(C)cc(C)c1-c1cnc(CCS)[nH]1. The molecule has 0 aliphatic rings. The smallest absolute Gasteiger partial charge is 0.128 e. The maximum atomic E-state index is 5.47. The molecular weight excluding hydrogens is 244 g/mol. The van der Waals surface area contributed by atoms with Gasteiger partial charge in [-0.3, -0.25) is 0 Å². The van der Waals surface area contributed by atoms with E-state index in [2.05, 4.69) is 42.5 Å². The Balaban J connectivity index is 2.48. The number of nitrogens with zero attached hydrogens (tertiary/aromatic N) is 1. The van der Waals surface area contributed by atoms with E-state index in [1.807, 2.05) is 12.3 Å². The Morgan fingerprint density at radius 1 is 1.33 bits per heavy atom. The van der Waals surface area contributed by atoms with Gasteiger partial charge in [0.2, 0.25) is 0 Å². The Morgan fingerprint density at radius 2 is 2.11 bits per heavy atom. The molecule has 0 bridgehead atoms. The van der Waals surface area contributed by atoms with Gasteiger partial charge in [-0.25, -0.2) is 4.98 Å². The lowest BCUT2D eigenvalue weighted by atomic mass is 10.0. The molecule has 1 aromatic carbocycles. The summed E-state index contributed by atoms with van der Waals surface area (Å²) in [6.07, 6.45) is 2.70. The minimum absolute atomic E-state index is 0.789. The third-order valence-electron chi connectivity index (χ3n) is 2.91. The average molecular weight is 262 g/mol. The molecule has 0 unspecified atom stereocenters. The summed E-state index contributed by atoms with van der Waals surface area (Å²) < 4.78 is 5.47. The van der Waals surface area contributed by atoms with E-state index in [0.717, 1.165) is 35.0 Å². The van der Waals surface area contributed by atoms with E-state index in [-0.39, 0.29) is 0 Å². The number of rotatable bonds is 4. The lowest BCUT2D eigenvalue weighted by molar-refractivity contribution is 0.415. The monoisotopic (exact) mass is 262 g/mol. The van der Waals surface area contributed by atoms with Gasteiger partial charge in [-0.1, -0.05) is 6.07 Å². The lowest BCUT2D eigenvalue weighted by Gasteiger charge is -2.11. The van der Waals surface area contributed by atoms with Crippen LogP contribution in [0.25, 0.3) is 11.3 Å². The number of imidazole rings is 1. The van der Waals surface area contributed by atoms with Gasteiger partial charge in [0.1, 0.15) is 11.6 Å². The normalized spacial score (nSPS) is 10.7. The van der Waals surface area contributed by atoms with Gasteiger partial charge in [0.15, 0.2) is 0 Å². The predicted octanol–water partition coefficient (Wildman–Crippen LogP) is 3.17. The van der Waals surface area contributed by atoms with Crippen LogP contribution >= 0.6 is 12.6 Å². The molecule has 0 aliphatic heterocycles. The number of hydrogen-bond donors (Lipinski definition) is 2. The van der Waals surface area contributed by atoms with E-state index in [0.29, 0.717) is 0 Å². The largest absolute Gasteiger partial charge is 0.496 e. The zero-order chi connectivity index (χ0) is 13.1. The summed E-state index contributed by atoms with van der Waals surface area (Å²) in [4.78, 5) is 7.69. The van der Waals surface area contributed by atoms with Crippen molar-refractivity contribution in [2.75, 3.05) is 12.9 Å². The van der Waals surface area contributed by atoms with Crippen LogP contribution in [-0.2, 0) is 6.42 Å². The van der Waals surface area contributed by atoms with Gasteiger partial charge < -0.3 is 9.72 Å². The third kappa shape index (κ3) is 2.53. The highest BCUT2D eigenvalue weighted by Gasteiger charge is 2.12.